The largest absolute Gasteiger partial charge is 0.508 e. The van der Waals surface area contributed by atoms with Gasteiger partial charge in [0.05, 0.1) is 19.3 Å². The maximum Gasteiger partial charge on any atom is 0.322 e. The number of aromatic hydroxyl groups is 1. The number of phenolic OH excluding ortho intramolecular Hbond substituents is 1. The van der Waals surface area contributed by atoms with Gasteiger partial charge < -0.3 is 57.9 Å². The number of aliphatic carboxylic acids is 1. The topological polar surface area (TPSA) is 290 Å². The lowest BCUT2D eigenvalue weighted by atomic mass is 10.0. The Morgan fingerprint density at radius 2 is 1.30 bits per heavy atom. The van der Waals surface area contributed by atoms with Crippen molar-refractivity contribution in [3.63, 3.8) is 0 Å². The molecule has 0 aliphatic carbocycles. The van der Waals surface area contributed by atoms with Crippen molar-refractivity contribution in [1.29, 1.82) is 0 Å². The number of carboxylic acids is 1. The van der Waals surface area contributed by atoms with Crippen molar-refractivity contribution in [1.82, 2.24) is 26.6 Å². The van der Waals surface area contributed by atoms with Gasteiger partial charge in [0.1, 0.15) is 42.5 Å². The Balaban J connectivity index is 3.22. The summed E-state index contributed by atoms with van der Waals surface area (Å²) in [5, 5.41) is 58.9. The third kappa shape index (κ3) is 12.9. The fourth-order valence-electron chi connectivity index (χ4n) is 3.81. The molecule has 0 heterocycles. The summed E-state index contributed by atoms with van der Waals surface area (Å²) < 4.78 is 0. The number of nitrogens with one attached hydrogen (secondary N) is 5. The fourth-order valence-corrected chi connectivity index (χ4v) is 3.81. The van der Waals surface area contributed by atoms with Gasteiger partial charge in [-0.25, -0.2) is 0 Å². The summed E-state index contributed by atoms with van der Waals surface area (Å²) in [7, 11) is 0. The standard InChI is InChI=1S/C27H42N6O11/c1-13(2)8-18(24(41)29-10-21(38)39)31-27(44)22(14(3)36)33-25(42)19(9-15-4-6-16(37)7-5-15)30-26(43)20(12-35)32-23(40)17(28)11-34/h4-7,13-14,17-20,22,34-37H,8-12,28H2,1-3H3,(H,29,41)(H,30,43)(H,31,44)(H,32,40)(H,33,42)(H,38,39)/t14-,17+,18+,19+,20+,22+/m1/s1. The lowest BCUT2D eigenvalue weighted by Gasteiger charge is -2.28. The summed E-state index contributed by atoms with van der Waals surface area (Å²) in [5.41, 5.74) is 5.88. The summed E-state index contributed by atoms with van der Waals surface area (Å²) in [5.74, 6) is -6.20. The van der Waals surface area contributed by atoms with Gasteiger partial charge in [-0.2, -0.15) is 0 Å². The van der Waals surface area contributed by atoms with Gasteiger partial charge in [0.2, 0.25) is 29.5 Å². The van der Waals surface area contributed by atoms with E-state index in [1.54, 1.807) is 13.8 Å². The molecule has 6 atom stereocenters. The monoisotopic (exact) mass is 626 g/mol. The van der Waals surface area contributed by atoms with E-state index in [9.17, 15) is 44.1 Å². The predicted octanol–water partition coefficient (Wildman–Crippen LogP) is -4.19. The van der Waals surface area contributed by atoms with Gasteiger partial charge in [-0.3, -0.25) is 28.8 Å². The summed E-state index contributed by atoms with van der Waals surface area (Å²) in [6.07, 6.45) is -1.61. The average Bonchev–Trinajstić information content (AvgIpc) is 2.96. The third-order valence-corrected chi connectivity index (χ3v) is 6.17. The highest BCUT2D eigenvalue weighted by Gasteiger charge is 2.34. The lowest BCUT2D eigenvalue weighted by Crippen LogP contribution is -2.61. The minimum absolute atomic E-state index is 0.0729. The van der Waals surface area contributed by atoms with Crippen LogP contribution in [0.25, 0.3) is 0 Å². The first-order valence-electron chi connectivity index (χ1n) is 13.7. The molecular weight excluding hydrogens is 584 g/mol. The van der Waals surface area contributed by atoms with Crippen molar-refractivity contribution in [3.05, 3.63) is 29.8 Å². The Hall–Kier alpha value is -4.32. The minimum Gasteiger partial charge on any atom is -0.508 e. The molecule has 1 aromatic carbocycles. The molecule has 0 aliphatic heterocycles. The molecule has 5 amide bonds. The fraction of sp³-hybridized carbons (Fsp3) is 0.556. The minimum atomic E-state index is -1.64. The number of nitrogens with two attached hydrogens (primary N) is 1. The van der Waals surface area contributed by atoms with Crippen LogP contribution in [0.3, 0.4) is 0 Å². The van der Waals surface area contributed by atoms with E-state index in [2.05, 4.69) is 26.6 Å². The molecule has 0 spiro atoms. The number of benzene rings is 1. The first kappa shape index (κ1) is 37.7. The number of carboxylic acid groups (broad SMARTS) is 1. The molecule has 0 saturated heterocycles. The molecule has 0 radical (unpaired) electrons. The highest BCUT2D eigenvalue weighted by atomic mass is 16.4. The van der Waals surface area contributed by atoms with E-state index in [-0.39, 0.29) is 24.5 Å². The summed E-state index contributed by atoms with van der Waals surface area (Å²) in [6, 6.07) is -1.69. The first-order valence-corrected chi connectivity index (χ1v) is 13.7. The van der Waals surface area contributed by atoms with Crippen LogP contribution in [0.15, 0.2) is 24.3 Å². The molecule has 17 heteroatoms. The van der Waals surface area contributed by atoms with Gasteiger partial charge in [-0.05, 0) is 37.0 Å². The summed E-state index contributed by atoms with van der Waals surface area (Å²) in [4.78, 5) is 75.0. The molecule has 17 nitrogen and oxygen atoms in total. The maximum absolute atomic E-state index is 13.4. The Labute approximate surface area is 253 Å². The smallest absolute Gasteiger partial charge is 0.322 e. The summed E-state index contributed by atoms with van der Waals surface area (Å²) >= 11 is 0. The normalized spacial score (nSPS) is 15.1. The van der Waals surface area contributed by atoms with Crippen molar-refractivity contribution in [3.8, 4) is 5.75 Å². The van der Waals surface area contributed by atoms with Gasteiger partial charge in [0.25, 0.3) is 0 Å². The van der Waals surface area contributed by atoms with Gasteiger partial charge in [0.15, 0.2) is 0 Å². The second-order valence-corrected chi connectivity index (χ2v) is 10.5. The van der Waals surface area contributed by atoms with Crippen molar-refractivity contribution >= 4 is 35.5 Å². The molecule has 0 aliphatic rings. The van der Waals surface area contributed by atoms with Crippen molar-refractivity contribution in [2.45, 2.75) is 69.9 Å². The van der Waals surface area contributed by atoms with Crippen LogP contribution in [0, 0.1) is 5.92 Å². The average molecular weight is 627 g/mol. The highest BCUT2D eigenvalue weighted by molar-refractivity contribution is 5.96. The first-order chi connectivity index (χ1) is 20.6. The molecule has 1 aromatic rings. The number of hydrogen-bond donors (Lipinski definition) is 11. The van der Waals surface area contributed by atoms with Gasteiger partial charge in [0, 0.05) is 6.42 Å². The molecule has 0 saturated carbocycles. The Kier molecular flexibility index (Phi) is 15.7. The van der Waals surface area contributed by atoms with E-state index in [0.29, 0.717) is 5.56 Å². The molecule has 0 fully saturated rings. The van der Waals surface area contributed by atoms with Crippen LogP contribution in [-0.4, -0.2) is 117 Å². The van der Waals surface area contributed by atoms with Crippen LogP contribution in [-0.2, 0) is 35.2 Å². The molecule has 0 unspecified atom stereocenters. The second-order valence-electron chi connectivity index (χ2n) is 10.5. The highest BCUT2D eigenvalue weighted by Crippen LogP contribution is 2.12. The zero-order chi connectivity index (χ0) is 33.6. The van der Waals surface area contributed by atoms with E-state index in [1.807, 2.05) is 0 Å². The van der Waals surface area contributed by atoms with Crippen molar-refractivity contribution < 1.29 is 54.3 Å². The quantitative estimate of drug-likeness (QED) is 0.0740. The van der Waals surface area contributed by atoms with Crippen LogP contribution in [0.4, 0.5) is 0 Å². The maximum atomic E-state index is 13.4. The predicted molar refractivity (Wildman–Crippen MR) is 153 cm³/mol. The van der Waals surface area contributed by atoms with E-state index in [4.69, 9.17) is 15.9 Å². The zero-order valence-electron chi connectivity index (χ0n) is 24.6. The number of amides is 5. The Bertz CT molecular complexity index is 1150. The molecule has 246 valence electrons. The molecular formula is C27H42N6O11. The Morgan fingerprint density at radius 3 is 1.80 bits per heavy atom. The van der Waals surface area contributed by atoms with Gasteiger partial charge in [-0.15, -0.1) is 0 Å². The number of phenols is 1. The van der Waals surface area contributed by atoms with Crippen molar-refractivity contribution in [2.24, 2.45) is 11.7 Å². The Morgan fingerprint density at radius 1 is 0.750 bits per heavy atom. The van der Waals surface area contributed by atoms with Gasteiger partial charge >= 0.3 is 5.97 Å². The molecule has 44 heavy (non-hydrogen) atoms. The molecule has 12 N–H and O–H groups in total. The lowest BCUT2D eigenvalue weighted by molar-refractivity contribution is -0.139. The van der Waals surface area contributed by atoms with Crippen LogP contribution in [0.2, 0.25) is 0 Å². The number of carbonyl (C=O) groups is 6. The van der Waals surface area contributed by atoms with Crippen LogP contribution >= 0.6 is 0 Å². The zero-order valence-corrected chi connectivity index (χ0v) is 24.6. The second kappa shape index (κ2) is 18.4. The van der Waals surface area contributed by atoms with E-state index < -0.39 is 91.6 Å². The SMILES string of the molecule is CC(C)C[C@H](NC(=O)[C@@H](NC(=O)[C@H](Cc1ccc(O)cc1)NC(=O)[C@H](CO)NC(=O)[C@@H](N)CO)[C@@H](C)O)C(=O)NCC(=O)O. The number of rotatable bonds is 18. The summed E-state index contributed by atoms with van der Waals surface area (Å²) in [6.45, 7) is 2.38. The van der Waals surface area contributed by atoms with Crippen LogP contribution in [0.5, 0.6) is 5.75 Å². The number of aliphatic hydroxyl groups is 3. The van der Waals surface area contributed by atoms with E-state index in [1.165, 1.54) is 31.2 Å². The third-order valence-electron chi connectivity index (χ3n) is 6.17. The number of aliphatic hydroxyl groups excluding tert-OH is 3. The number of hydrogen-bond acceptors (Lipinski definition) is 11. The van der Waals surface area contributed by atoms with Crippen molar-refractivity contribution in [2.75, 3.05) is 19.8 Å². The molecule has 1 rings (SSSR count). The molecule has 0 aromatic heterocycles. The van der Waals surface area contributed by atoms with Crippen LogP contribution < -0.4 is 32.3 Å². The van der Waals surface area contributed by atoms with Gasteiger partial charge in [-0.1, -0.05) is 26.0 Å². The van der Waals surface area contributed by atoms with E-state index in [0.717, 1.165) is 0 Å². The van der Waals surface area contributed by atoms with Crippen LogP contribution in [0.1, 0.15) is 32.8 Å². The van der Waals surface area contributed by atoms with E-state index >= 15 is 0 Å². The molecule has 0 bridgehead atoms. The number of carbonyl (C=O) groups excluding carboxylic acids is 5.